The molecule has 2 N–H and O–H groups in total. The van der Waals surface area contributed by atoms with Gasteiger partial charge in [-0.25, -0.2) is 4.98 Å². The van der Waals surface area contributed by atoms with Gasteiger partial charge in [0.25, 0.3) is 0 Å². The van der Waals surface area contributed by atoms with E-state index in [9.17, 15) is 5.11 Å². The van der Waals surface area contributed by atoms with E-state index in [0.717, 1.165) is 33.5 Å². The molecule has 0 radical (unpaired) electrons. The summed E-state index contributed by atoms with van der Waals surface area (Å²) in [5, 5.41) is 15.9. The number of fused-ring (bicyclic) bond motifs is 1. The van der Waals surface area contributed by atoms with Gasteiger partial charge in [-0.15, -0.1) is 0 Å². The van der Waals surface area contributed by atoms with Gasteiger partial charge in [-0.3, -0.25) is 4.68 Å². The summed E-state index contributed by atoms with van der Waals surface area (Å²) in [6.45, 7) is 5.24. The molecule has 2 aromatic heterocycles. The zero-order valence-corrected chi connectivity index (χ0v) is 17.5. The van der Waals surface area contributed by atoms with Crippen molar-refractivity contribution in [3.63, 3.8) is 0 Å². The molecule has 0 spiro atoms. The van der Waals surface area contributed by atoms with Crippen LogP contribution in [0.25, 0.3) is 22.0 Å². The number of aryl methyl sites for hydroxylation is 2. The van der Waals surface area contributed by atoms with Crippen LogP contribution in [0.3, 0.4) is 0 Å². The minimum absolute atomic E-state index is 0.623. The van der Waals surface area contributed by atoms with E-state index in [2.05, 4.69) is 26.6 Å². The van der Waals surface area contributed by atoms with Gasteiger partial charge in [0.15, 0.2) is 5.82 Å². The molecule has 0 aliphatic heterocycles. The van der Waals surface area contributed by atoms with Crippen molar-refractivity contribution in [1.29, 1.82) is 0 Å². The molecule has 0 saturated heterocycles. The molecule has 0 fully saturated rings. The summed E-state index contributed by atoms with van der Waals surface area (Å²) in [5.41, 5.74) is 3.36. The molecule has 0 atom stereocenters. The van der Waals surface area contributed by atoms with Gasteiger partial charge in [-0.2, -0.15) is 5.10 Å². The molecule has 7 heteroatoms. The molecule has 0 aliphatic rings. The fraction of sp³-hybridized carbons (Fsp3) is 0.300. The summed E-state index contributed by atoms with van der Waals surface area (Å²) in [6.07, 6.45) is 1.94. The number of rotatable bonds is 3. The molecule has 1 aromatic carbocycles. The summed E-state index contributed by atoms with van der Waals surface area (Å²) >= 11 is 7.93. The van der Waals surface area contributed by atoms with Gasteiger partial charge in [-0.05, 0) is 44.9 Å². The number of nitrogens with one attached hydrogen (secondary N) is 1. The lowest BCUT2D eigenvalue weighted by Crippen LogP contribution is -2.14. The van der Waals surface area contributed by atoms with Crippen molar-refractivity contribution in [3.05, 3.63) is 40.7 Å². The van der Waals surface area contributed by atoms with Crippen molar-refractivity contribution in [1.82, 2.24) is 14.8 Å². The Hall–Kier alpha value is -2.20. The first-order chi connectivity index (χ1) is 12.7. The summed E-state index contributed by atoms with van der Waals surface area (Å²) in [5.74, 6) is 6.45. The molecular weight excluding hydrogens is 380 g/mol. The lowest BCUT2D eigenvalue weighted by Gasteiger charge is -2.10. The highest BCUT2D eigenvalue weighted by Gasteiger charge is 2.18. The van der Waals surface area contributed by atoms with E-state index in [1.165, 1.54) is 11.9 Å². The lowest BCUT2D eigenvalue weighted by atomic mass is 10.0. The fourth-order valence-electron chi connectivity index (χ4n) is 2.90. The fourth-order valence-corrected chi connectivity index (χ4v) is 3.47. The van der Waals surface area contributed by atoms with Gasteiger partial charge in [-0.1, -0.05) is 35.5 Å². The van der Waals surface area contributed by atoms with Crippen molar-refractivity contribution in [2.75, 3.05) is 11.0 Å². The first kappa shape index (κ1) is 19.6. The van der Waals surface area contributed by atoms with Gasteiger partial charge in [0.2, 0.25) is 0 Å². The molecule has 3 rings (SSSR count). The predicted octanol–water partition coefficient (Wildman–Crippen LogP) is 4.41. The second-order valence-corrected chi connectivity index (χ2v) is 7.76. The van der Waals surface area contributed by atoms with Crippen LogP contribution in [-0.2, 0) is 7.05 Å². The number of halogens is 1. The van der Waals surface area contributed by atoms with E-state index in [1.54, 1.807) is 13.8 Å². The quantitative estimate of drug-likeness (QED) is 0.503. The van der Waals surface area contributed by atoms with E-state index in [0.29, 0.717) is 10.7 Å². The van der Waals surface area contributed by atoms with Crippen LogP contribution in [0.1, 0.15) is 25.2 Å². The number of aromatic nitrogens is 3. The van der Waals surface area contributed by atoms with Crippen molar-refractivity contribution < 1.29 is 5.11 Å². The first-order valence-electron chi connectivity index (χ1n) is 8.39. The normalized spacial score (nSPS) is 11.4. The number of benzene rings is 1. The number of hydrogen-bond acceptors (Lipinski definition) is 5. The largest absolute Gasteiger partial charge is 0.378 e. The Bertz CT molecular complexity index is 1070. The second kappa shape index (κ2) is 7.43. The van der Waals surface area contributed by atoms with Crippen LogP contribution in [0.5, 0.6) is 0 Å². The molecule has 27 heavy (non-hydrogen) atoms. The highest BCUT2D eigenvalue weighted by Crippen LogP contribution is 2.38. The maximum atomic E-state index is 9.77. The van der Waals surface area contributed by atoms with Crippen LogP contribution in [-0.4, -0.2) is 31.7 Å². The van der Waals surface area contributed by atoms with Gasteiger partial charge in [0, 0.05) is 30.1 Å². The summed E-state index contributed by atoms with van der Waals surface area (Å²) in [7, 11) is 1.90. The molecule has 3 aromatic rings. The highest BCUT2D eigenvalue weighted by molar-refractivity contribution is 7.99. The summed E-state index contributed by atoms with van der Waals surface area (Å²) in [6, 6.07) is 7.72. The molecule has 0 aliphatic carbocycles. The highest BCUT2D eigenvalue weighted by atomic mass is 35.5. The van der Waals surface area contributed by atoms with Crippen LogP contribution >= 0.6 is 23.5 Å². The summed E-state index contributed by atoms with van der Waals surface area (Å²) < 4.78 is 5.02. The first-order valence-corrected chi connectivity index (χ1v) is 9.99. The van der Waals surface area contributed by atoms with Crippen LogP contribution < -0.4 is 4.72 Å². The monoisotopic (exact) mass is 400 g/mol. The molecule has 0 bridgehead atoms. The molecule has 140 valence electrons. The second-order valence-electron chi connectivity index (χ2n) is 6.74. The third-order valence-corrected chi connectivity index (χ3v) is 4.72. The zero-order valence-electron chi connectivity index (χ0n) is 15.9. The molecule has 0 unspecified atom stereocenters. The molecular formula is C20H21ClN4OS. The summed E-state index contributed by atoms with van der Waals surface area (Å²) in [4.78, 5) is 4.59. The van der Waals surface area contributed by atoms with Gasteiger partial charge in [0.1, 0.15) is 11.3 Å². The third kappa shape index (κ3) is 4.06. The van der Waals surface area contributed by atoms with Gasteiger partial charge >= 0.3 is 0 Å². The Kier molecular flexibility index (Phi) is 5.38. The maximum absolute atomic E-state index is 9.77. The minimum Gasteiger partial charge on any atom is -0.378 e. The van der Waals surface area contributed by atoms with Crippen molar-refractivity contribution in [2.24, 2.45) is 7.05 Å². The molecule has 2 heterocycles. The van der Waals surface area contributed by atoms with Crippen LogP contribution in [0.2, 0.25) is 5.02 Å². The van der Waals surface area contributed by atoms with E-state index in [1.807, 2.05) is 49.2 Å². The number of aliphatic hydroxyl groups is 1. The topological polar surface area (TPSA) is 63.0 Å². The van der Waals surface area contributed by atoms with Crippen molar-refractivity contribution in [2.45, 2.75) is 26.4 Å². The Morgan fingerprint density at radius 1 is 1.22 bits per heavy atom. The average molecular weight is 401 g/mol. The lowest BCUT2D eigenvalue weighted by molar-refractivity contribution is 0.143. The molecule has 5 nitrogen and oxygen atoms in total. The number of pyridine rings is 1. The maximum Gasteiger partial charge on any atom is 0.167 e. The van der Waals surface area contributed by atoms with E-state index >= 15 is 0 Å². The zero-order chi connectivity index (χ0) is 19.8. The molecule has 0 amide bonds. The third-order valence-electron chi connectivity index (χ3n) is 4.01. The van der Waals surface area contributed by atoms with Crippen LogP contribution in [0.4, 0.5) is 5.82 Å². The van der Waals surface area contributed by atoms with Crippen molar-refractivity contribution >= 4 is 40.3 Å². The Morgan fingerprint density at radius 2 is 1.93 bits per heavy atom. The van der Waals surface area contributed by atoms with E-state index in [4.69, 9.17) is 11.6 Å². The SMILES string of the molecule is CSNc1nn(C)c2c(-c3ccc(C#CC(C)(C)O)nc3C)ccc(Cl)c12. The number of hydrogen-bond donors (Lipinski definition) is 2. The Labute approximate surface area is 168 Å². The molecule has 0 saturated carbocycles. The van der Waals surface area contributed by atoms with Gasteiger partial charge in [0.05, 0.1) is 15.9 Å². The van der Waals surface area contributed by atoms with Crippen LogP contribution in [0, 0.1) is 18.8 Å². The van der Waals surface area contributed by atoms with E-state index < -0.39 is 5.60 Å². The standard InChI is InChI=1S/C20H21ClN4OS/c1-12-14(7-6-13(22-12)10-11-20(2,3)26)15-8-9-16(21)17-18(15)25(4)23-19(17)24-27-5/h6-9,26H,1-5H3,(H,23,24). The van der Waals surface area contributed by atoms with E-state index in [-0.39, 0.29) is 0 Å². The average Bonchev–Trinajstić information content (AvgIpc) is 2.91. The van der Waals surface area contributed by atoms with Gasteiger partial charge < -0.3 is 9.83 Å². The minimum atomic E-state index is -1.05. The van der Waals surface area contributed by atoms with Crippen LogP contribution in [0.15, 0.2) is 24.3 Å². The Morgan fingerprint density at radius 3 is 2.56 bits per heavy atom. The smallest absolute Gasteiger partial charge is 0.167 e. The number of anilines is 1. The van der Waals surface area contributed by atoms with Crippen molar-refractivity contribution in [3.8, 4) is 23.0 Å². The predicted molar refractivity (Wildman–Crippen MR) is 114 cm³/mol. The number of nitrogens with zero attached hydrogens (tertiary/aromatic N) is 3. The Balaban J connectivity index is 2.16.